The summed E-state index contributed by atoms with van der Waals surface area (Å²) in [5.74, 6) is 0. The zero-order chi connectivity index (χ0) is 14.4. The number of anilines is 1. The van der Waals surface area contributed by atoms with Gasteiger partial charge in [-0.2, -0.15) is 0 Å². The maximum atomic E-state index is 9.94. The Labute approximate surface area is 130 Å². The molecule has 1 saturated carbocycles. The molecule has 0 bridgehead atoms. The molecule has 20 heavy (non-hydrogen) atoms. The zero-order valence-corrected chi connectivity index (χ0v) is 13.0. The Balaban J connectivity index is 1.71. The van der Waals surface area contributed by atoms with Gasteiger partial charge >= 0.3 is 0 Å². The average molecular weight is 318 g/mol. The van der Waals surface area contributed by atoms with E-state index in [1.807, 2.05) is 12.1 Å². The Morgan fingerprint density at radius 1 is 1.25 bits per heavy atom. The number of rotatable bonds is 6. The maximum absolute atomic E-state index is 9.94. The summed E-state index contributed by atoms with van der Waals surface area (Å²) in [5.41, 5.74) is 0.732. The van der Waals surface area contributed by atoms with Crippen LogP contribution in [-0.2, 0) is 4.74 Å². The third kappa shape index (κ3) is 4.81. The fraction of sp³-hybridized carbons (Fsp3) is 0.600. The standard InChI is InChI=1S/C15H21Cl2NO2/c16-13-7-4-8-14(15(13)17)18-9-11(19)10-20-12-5-2-1-3-6-12/h4,7-8,11-12,18-19H,1-3,5-6,9-10H2. The first-order valence-electron chi connectivity index (χ1n) is 7.14. The summed E-state index contributed by atoms with van der Waals surface area (Å²) in [5, 5.41) is 14.0. The molecule has 5 heteroatoms. The zero-order valence-electron chi connectivity index (χ0n) is 11.4. The number of aliphatic hydroxyl groups excluding tert-OH is 1. The Hall–Kier alpha value is -0.480. The lowest BCUT2D eigenvalue weighted by Crippen LogP contribution is -2.28. The van der Waals surface area contributed by atoms with Crippen LogP contribution in [0.2, 0.25) is 10.0 Å². The molecule has 0 radical (unpaired) electrons. The third-order valence-corrected chi connectivity index (χ3v) is 4.38. The molecular weight excluding hydrogens is 297 g/mol. The molecule has 1 unspecified atom stereocenters. The van der Waals surface area contributed by atoms with Gasteiger partial charge in [0.15, 0.2) is 0 Å². The molecule has 0 spiro atoms. The second-order valence-corrected chi connectivity index (χ2v) is 6.01. The van der Waals surface area contributed by atoms with Crippen molar-refractivity contribution in [3.8, 4) is 0 Å². The highest BCUT2D eigenvalue weighted by molar-refractivity contribution is 6.43. The lowest BCUT2D eigenvalue weighted by molar-refractivity contribution is -0.0195. The molecule has 1 atom stereocenters. The van der Waals surface area contributed by atoms with E-state index >= 15 is 0 Å². The first-order chi connectivity index (χ1) is 9.66. The average Bonchev–Trinajstić information content (AvgIpc) is 2.48. The Bertz CT molecular complexity index is 422. The summed E-state index contributed by atoms with van der Waals surface area (Å²) in [4.78, 5) is 0. The number of benzene rings is 1. The van der Waals surface area contributed by atoms with E-state index in [1.54, 1.807) is 6.07 Å². The molecule has 1 aromatic rings. The van der Waals surface area contributed by atoms with Gasteiger partial charge in [0.25, 0.3) is 0 Å². The van der Waals surface area contributed by atoms with Crippen molar-refractivity contribution >= 4 is 28.9 Å². The first-order valence-corrected chi connectivity index (χ1v) is 7.90. The van der Waals surface area contributed by atoms with Gasteiger partial charge in [-0.1, -0.05) is 48.5 Å². The van der Waals surface area contributed by atoms with Crippen LogP contribution in [0, 0.1) is 0 Å². The lowest BCUT2D eigenvalue weighted by Gasteiger charge is -2.23. The minimum atomic E-state index is -0.549. The number of hydrogen-bond donors (Lipinski definition) is 2. The van der Waals surface area contributed by atoms with Gasteiger partial charge in [-0.3, -0.25) is 0 Å². The molecule has 1 aromatic carbocycles. The highest BCUT2D eigenvalue weighted by Crippen LogP contribution is 2.29. The van der Waals surface area contributed by atoms with E-state index in [9.17, 15) is 5.11 Å². The highest BCUT2D eigenvalue weighted by Gasteiger charge is 2.15. The van der Waals surface area contributed by atoms with E-state index in [0.29, 0.717) is 29.3 Å². The van der Waals surface area contributed by atoms with Crippen molar-refractivity contribution in [3.05, 3.63) is 28.2 Å². The second kappa shape index (κ2) is 8.08. The largest absolute Gasteiger partial charge is 0.389 e. The molecule has 0 heterocycles. The van der Waals surface area contributed by atoms with Crippen LogP contribution in [0.3, 0.4) is 0 Å². The molecule has 0 aromatic heterocycles. The van der Waals surface area contributed by atoms with Crippen molar-refractivity contribution in [2.24, 2.45) is 0 Å². The van der Waals surface area contributed by atoms with Crippen LogP contribution in [-0.4, -0.2) is 30.5 Å². The molecule has 2 N–H and O–H groups in total. The van der Waals surface area contributed by atoms with E-state index in [-0.39, 0.29) is 0 Å². The summed E-state index contributed by atoms with van der Waals surface area (Å²) >= 11 is 12.0. The van der Waals surface area contributed by atoms with E-state index in [1.165, 1.54) is 19.3 Å². The van der Waals surface area contributed by atoms with Crippen molar-refractivity contribution in [1.29, 1.82) is 0 Å². The molecule has 112 valence electrons. The van der Waals surface area contributed by atoms with Gasteiger partial charge in [-0.25, -0.2) is 0 Å². The van der Waals surface area contributed by atoms with Crippen molar-refractivity contribution < 1.29 is 9.84 Å². The maximum Gasteiger partial charge on any atom is 0.0945 e. The predicted octanol–water partition coefficient (Wildman–Crippen LogP) is 4.12. The number of ether oxygens (including phenoxy) is 1. The second-order valence-electron chi connectivity index (χ2n) is 5.23. The quantitative estimate of drug-likeness (QED) is 0.829. The topological polar surface area (TPSA) is 41.5 Å². The number of aliphatic hydroxyl groups is 1. The summed E-state index contributed by atoms with van der Waals surface area (Å²) < 4.78 is 5.74. The normalized spacial score (nSPS) is 17.9. The third-order valence-electron chi connectivity index (χ3n) is 3.56. The van der Waals surface area contributed by atoms with E-state index in [4.69, 9.17) is 27.9 Å². The monoisotopic (exact) mass is 317 g/mol. The number of hydrogen-bond acceptors (Lipinski definition) is 3. The minimum absolute atomic E-state index is 0.313. The van der Waals surface area contributed by atoms with Gasteiger partial charge in [0, 0.05) is 6.54 Å². The molecule has 1 aliphatic carbocycles. The van der Waals surface area contributed by atoms with Gasteiger partial charge in [-0.15, -0.1) is 0 Å². The summed E-state index contributed by atoms with van der Waals surface area (Å²) in [7, 11) is 0. The first kappa shape index (κ1) is 15.9. The summed E-state index contributed by atoms with van der Waals surface area (Å²) in [6.45, 7) is 0.753. The van der Waals surface area contributed by atoms with Crippen LogP contribution in [0.5, 0.6) is 0 Å². The molecule has 1 aliphatic rings. The van der Waals surface area contributed by atoms with E-state index in [2.05, 4.69) is 5.32 Å². The minimum Gasteiger partial charge on any atom is -0.389 e. The van der Waals surface area contributed by atoms with Crippen LogP contribution < -0.4 is 5.32 Å². The van der Waals surface area contributed by atoms with Gasteiger partial charge in [0.05, 0.1) is 34.5 Å². The molecule has 0 aliphatic heterocycles. The SMILES string of the molecule is OC(CNc1cccc(Cl)c1Cl)COC1CCCCC1. The van der Waals surface area contributed by atoms with E-state index < -0.39 is 6.10 Å². The Kier molecular flexibility index (Phi) is 6.43. The van der Waals surface area contributed by atoms with Crippen LogP contribution in [0.25, 0.3) is 0 Å². The molecular formula is C15H21Cl2NO2. The molecule has 2 rings (SSSR count). The van der Waals surface area contributed by atoms with E-state index in [0.717, 1.165) is 18.5 Å². The molecule has 0 amide bonds. The Morgan fingerprint density at radius 2 is 2.00 bits per heavy atom. The lowest BCUT2D eigenvalue weighted by atomic mass is 9.98. The van der Waals surface area contributed by atoms with Gasteiger partial charge in [0.2, 0.25) is 0 Å². The van der Waals surface area contributed by atoms with Crippen molar-refractivity contribution in [1.82, 2.24) is 0 Å². The van der Waals surface area contributed by atoms with Gasteiger partial charge in [0.1, 0.15) is 0 Å². The summed E-state index contributed by atoms with van der Waals surface area (Å²) in [6, 6.07) is 5.39. The number of nitrogens with one attached hydrogen (secondary N) is 1. The fourth-order valence-electron chi connectivity index (χ4n) is 2.41. The Morgan fingerprint density at radius 3 is 2.75 bits per heavy atom. The fourth-order valence-corrected chi connectivity index (χ4v) is 2.77. The molecule has 3 nitrogen and oxygen atoms in total. The van der Waals surface area contributed by atoms with Gasteiger partial charge < -0.3 is 15.2 Å². The van der Waals surface area contributed by atoms with Crippen LogP contribution in [0.1, 0.15) is 32.1 Å². The van der Waals surface area contributed by atoms with Crippen LogP contribution in [0.4, 0.5) is 5.69 Å². The van der Waals surface area contributed by atoms with Crippen molar-refractivity contribution in [2.75, 3.05) is 18.5 Å². The smallest absolute Gasteiger partial charge is 0.0945 e. The number of halogens is 2. The van der Waals surface area contributed by atoms with Gasteiger partial charge in [-0.05, 0) is 25.0 Å². The molecule has 1 fully saturated rings. The van der Waals surface area contributed by atoms with Crippen molar-refractivity contribution in [3.63, 3.8) is 0 Å². The summed E-state index contributed by atoms with van der Waals surface area (Å²) in [6.07, 6.45) is 5.76. The highest BCUT2D eigenvalue weighted by atomic mass is 35.5. The van der Waals surface area contributed by atoms with Crippen LogP contribution >= 0.6 is 23.2 Å². The van der Waals surface area contributed by atoms with Crippen LogP contribution in [0.15, 0.2) is 18.2 Å². The predicted molar refractivity (Wildman–Crippen MR) is 83.8 cm³/mol. The molecule has 0 saturated heterocycles. The van der Waals surface area contributed by atoms with Crippen molar-refractivity contribution in [2.45, 2.75) is 44.3 Å².